The van der Waals surface area contributed by atoms with E-state index in [4.69, 9.17) is 17.1 Å². The van der Waals surface area contributed by atoms with Crippen molar-refractivity contribution in [2.75, 3.05) is 5.32 Å². The Morgan fingerprint density at radius 1 is 1.08 bits per heavy atom. The van der Waals surface area contributed by atoms with Crippen molar-refractivity contribution in [1.29, 1.82) is 0 Å². The molecular formula is C29H28N6OS. The van der Waals surface area contributed by atoms with Crippen LogP contribution in [0.15, 0.2) is 96.7 Å². The van der Waals surface area contributed by atoms with Crippen LogP contribution >= 0.6 is 11.3 Å². The van der Waals surface area contributed by atoms with Crippen LogP contribution in [0.1, 0.15) is 35.2 Å². The van der Waals surface area contributed by atoms with E-state index in [-0.39, 0.29) is 5.70 Å². The predicted molar refractivity (Wildman–Crippen MR) is 149 cm³/mol. The summed E-state index contributed by atoms with van der Waals surface area (Å²) < 4.78 is 0. The molecule has 0 spiro atoms. The van der Waals surface area contributed by atoms with Crippen LogP contribution in [0.4, 0.5) is 5.82 Å². The van der Waals surface area contributed by atoms with Gasteiger partial charge in [0.25, 0.3) is 0 Å². The molecule has 4 N–H and O–H groups in total. The zero-order valence-corrected chi connectivity index (χ0v) is 21.4. The van der Waals surface area contributed by atoms with Crippen molar-refractivity contribution in [3.63, 3.8) is 0 Å². The Hall–Kier alpha value is -4.32. The van der Waals surface area contributed by atoms with Crippen molar-refractivity contribution in [3.05, 3.63) is 113 Å². The quantitative estimate of drug-likeness (QED) is 0.215. The predicted octanol–water partition coefficient (Wildman–Crippen LogP) is 5.02. The van der Waals surface area contributed by atoms with Crippen LogP contribution in [0.3, 0.4) is 0 Å². The van der Waals surface area contributed by atoms with E-state index >= 15 is 0 Å². The third-order valence-electron chi connectivity index (χ3n) is 5.87. The number of nitrogens with one attached hydrogen (secondary N) is 1. The molecule has 0 saturated carbocycles. The minimum Gasteiger partial charge on any atom is -0.392 e. The molecule has 7 nitrogen and oxygen atoms in total. The highest BCUT2D eigenvalue weighted by Gasteiger charge is 2.37. The standard InChI is InChI=1S/C29H28N6OS/c1-4-10-21(22(30)5-2)26(35-24-12-7-9-16-33-24)25(23-11-6-8-15-32-23)27(36)28-19(3)34-29(37-28)20-13-17-31-18-14-20/h2,4,6-18,25-27,36H,30H2,1,3H3,(H,33,35)/b10-4-,22-21-. The number of aliphatic hydroxyl groups is 1. The van der Waals surface area contributed by atoms with E-state index in [9.17, 15) is 5.11 Å². The van der Waals surface area contributed by atoms with Crippen LogP contribution in [-0.4, -0.2) is 31.1 Å². The SMILES string of the molecule is C#C/C(N)=C(\C=C/C)C(Nc1ccccn1)C(c1ccccn1)C(O)c1sc(-c2ccncc2)nc1C. The number of nitrogens with zero attached hydrogens (tertiary/aromatic N) is 4. The van der Waals surface area contributed by atoms with Gasteiger partial charge in [-0.15, -0.1) is 17.8 Å². The van der Waals surface area contributed by atoms with E-state index in [1.165, 1.54) is 11.3 Å². The topological polar surface area (TPSA) is 110 Å². The first-order valence-corrected chi connectivity index (χ1v) is 12.6. The summed E-state index contributed by atoms with van der Waals surface area (Å²) in [5.41, 5.74) is 9.60. The molecule has 0 aliphatic rings. The normalized spacial score (nSPS) is 14.4. The zero-order chi connectivity index (χ0) is 26.2. The molecule has 4 aromatic rings. The first kappa shape index (κ1) is 25.8. The monoisotopic (exact) mass is 508 g/mol. The van der Waals surface area contributed by atoms with Gasteiger partial charge in [0.15, 0.2) is 0 Å². The van der Waals surface area contributed by atoms with Gasteiger partial charge in [-0.1, -0.05) is 30.2 Å². The molecule has 4 rings (SSSR count). The van der Waals surface area contributed by atoms with Crippen molar-refractivity contribution in [1.82, 2.24) is 19.9 Å². The number of rotatable bonds is 9. The summed E-state index contributed by atoms with van der Waals surface area (Å²) in [6.45, 7) is 3.79. The summed E-state index contributed by atoms with van der Waals surface area (Å²) in [7, 11) is 0. The lowest BCUT2D eigenvalue weighted by Gasteiger charge is -2.33. The van der Waals surface area contributed by atoms with E-state index in [2.05, 4.69) is 26.2 Å². The highest BCUT2D eigenvalue weighted by molar-refractivity contribution is 7.15. The van der Waals surface area contributed by atoms with Crippen molar-refractivity contribution in [3.8, 4) is 22.9 Å². The summed E-state index contributed by atoms with van der Waals surface area (Å²) in [6.07, 6.45) is 15.4. The van der Waals surface area contributed by atoms with Gasteiger partial charge in [0, 0.05) is 41.6 Å². The van der Waals surface area contributed by atoms with Crippen LogP contribution in [0.2, 0.25) is 0 Å². The molecule has 0 radical (unpaired) electrons. The fraction of sp³-hybridized carbons (Fsp3) is 0.172. The average Bonchev–Trinajstić information content (AvgIpc) is 3.34. The van der Waals surface area contributed by atoms with Gasteiger partial charge in [-0.3, -0.25) is 9.97 Å². The lowest BCUT2D eigenvalue weighted by atomic mass is 9.83. The minimum atomic E-state index is -0.977. The lowest BCUT2D eigenvalue weighted by molar-refractivity contribution is 0.141. The molecule has 4 heterocycles. The van der Waals surface area contributed by atoms with Gasteiger partial charge in [-0.25, -0.2) is 9.97 Å². The molecule has 0 bridgehead atoms. The fourth-order valence-electron chi connectivity index (χ4n) is 4.14. The maximum absolute atomic E-state index is 12.0. The number of hydrogen-bond acceptors (Lipinski definition) is 8. The van der Waals surface area contributed by atoms with Crippen LogP contribution in [0, 0.1) is 19.3 Å². The Kier molecular flexibility index (Phi) is 8.41. The molecule has 186 valence electrons. The number of nitrogens with two attached hydrogens (primary N) is 1. The molecular weight excluding hydrogens is 480 g/mol. The van der Waals surface area contributed by atoms with Gasteiger partial charge in [-0.05, 0) is 50.2 Å². The number of anilines is 1. The Morgan fingerprint density at radius 3 is 2.43 bits per heavy atom. The number of aliphatic hydroxyl groups excluding tert-OH is 1. The second-order valence-electron chi connectivity index (χ2n) is 8.28. The number of aryl methyl sites for hydroxylation is 1. The number of hydrogen-bond donors (Lipinski definition) is 3. The average molecular weight is 509 g/mol. The number of terminal acetylenes is 1. The summed E-state index contributed by atoms with van der Waals surface area (Å²) in [5, 5.41) is 16.3. The second-order valence-corrected chi connectivity index (χ2v) is 9.31. The molecule has 0 aromatic carbocycles. The molecule has 4 aromatic heterocycles. The smallest absolute Gasteiger partial charge is 0.126 e. The van der Waals surface area contributed by atoms with Gasteiger partial charge in [0.1, 0.15) is 16.9 Å². The Morgan fingerprint density at radius 2 is 1.81 bits per heavy atom. The van der Waals surface area contributed by atoms with Gasteiger partial charge in [-0.2, -0.15) is 0 Å². The third-order valence-corrected chi connectivity index (χ3v) is 7.15. The van der Waals surface area contributed by atoms with Crippen LogP contribution in [-0.2, 0) is 0 Å². The molecule has 0 amide bonds. The second kappa shape index (κ2) is 12.1. The third kappa shape index (κ3) is 5.92. The van der Waals surface area contributed by atoms with Crippen molar-refractivity contribution < 1.29 is 5.11 Å². The first-order chi connectivity index (χ1) is 18.0. The van der Waals surface area contributed by atoms with Crippen LogP contribution in [0.25, 0.3) is 10.6 Å². The van der Waals surface area contributed by atoms with E-state index < -0.39 is 18.1 Å². The van der Waals surface area contributed by atoms with Crippen LogP contribution in [0.5, 0.6) is 0 Å². The molecule has 0 aliphatic heterocycles. The van der Waals surface area contributed by atoms with E-state index in [0.29, 0.717) is 17.1 Å². The first-order valence-electron chi connectivity index (χ1n) is 11.8. The molecule has 0 saturated heterocycles. The molecule has 8 heteroatoms. The van der Waals surface area contributed by atoms with Crippen molar-refractivity contribution in [2.45, 2.75) is 31.9 Å². The maximum Gasteiger partial charge on any atom is 0.126 e. The van der Waals surface area contributed by atoms with Gasteiger partial charge in [0.2, 0.25) is 0 Å². The summed E-state index contributed by atoms with van der Waals surface area (Å²) >= 11 is 1.44. The Labute approximate surface area is 220 Å². The van der Waals surface area contributed by atoms with Gasteiger partial charge >= 0.3 is 0 Å². The Balaban J connectivity index is 1.88. The largest absolute Gasteiger partial charge is 0.392 e. The van der Waals surface area contributed by atoms with Crippen molar-refractivity contribution in [2.24, 2.45) is 5.73 Å². The number of pyridine rings is 3. The zero-order valence-electron chi connectivity index (χ0n) is 20.6. The molecule has 0 aliphatic carbocycles. The number of aromatic nitrogens is 4. The van der Waals surface area contributed by atoms with Crippen molar-refractivity contribution >= 4 is 17.2 Å². The molecule has 3 unspecified atom stereocenters. The molecule has 0 fully saturated rings. The fourth-order valence-corrected chi connectivity index (χ4v) is 5.25. The minimum absolute atomic E-state index is 0.262. The van der Waals surface area contributed by atoms with Gasteiger partial charge in [0.05, 0.1) is 28.2 Å². The Bertz CT molecular complexity index is 1410. The highest BCUT2D eigenvalue weighted by Crippen LogP contribution is 2.42. The number of allylic oxidation sites excluding steroid dienone is 2. The molecule has 37 heavy (non-hydrogen) atoms. The van der Waals surface area contributed by atoms with Crippen LogP contribution < -0.4 is 11.1 Å². The molecule has 3 atom stereocenters. The lowest BCUT2D eigenvalue weighted by Crippen LogP contribution is -2.35. The maximum atomic E-state index is 12.0. The van der Waals surface area contributed by atoms with Gasteiger partial charge < -0.3 is 16.2 Å². The summed E-state index contributed by atoms with van der Waals surface area (Å²) in [6, 6.07) is 14.4. The van der Waals surface area contributed by atoms with E-state index in [1.807, 2.05) is 74.5 Å². The number of thiazole rings is 1. The van der Waals surface area contributed by atoms with E-state index in [1.54, 1.807) is 24.8 Å². The van der Waals surface area contributed by atoms with E-state index in [0.717, 1.165) is 21.1 Å². The highest BCUT2D eigenvalue weighted by atomic mass is 32.1. The summed E-state index contributed by atoms with van der Waals surface area (Å²) in [5.74, 6) is 2.60. The summed E-state index contributed by atoms with van der Waals surface area (Å²) in [4.78, 5) is 18.6.